The molecule has 0 saturated carbocycles. The molecule has 19 heavy (non-hydrogen) atoms. The number of nitrogens with one attached hydrogen (secondary N) is 1. The molecule has 0 amide bonds. The smallest absolute Gasteiger partial charge is 0.180 e. The third-order valence-electron chi connectivity index (χ3n) is 3.04. The van der Waals surface area contributed by atoms with Crippen molar-refractivity contribution in [2.75, 3.05) is 26.0 Å². The number of hydrogen-bond donors (Lipinski definition) is 1. The van der Waals surface area contributed by atoms with Gasteiger partial charge in [-0.25, -0.2) is 8.42 Å². The number of ether oxygens (including phenoxy) is 2. The van der Waals surface area contributed by atoms with Gasteiger partial charge >= 0.3 is 0 Å². The quantitative estimate of drug-likeness (QED) is 0.901. The molecule has 6 heteroatoms. The van der Waals surface area contributed by atoms with Crippen LogP contribution >= 0.6 is 0 Å². The van der Waals surface area contributed by atoms with E-state index < -0.39 is 9.84 Å². The summed E-state index contributed by atoms with van der Waals surface area (Å²) < 4.78 is 35.5. The first-order valence-corrected chi connectivity index (χ1v) is 7.98. The molecule has 0 aromatic heterocycles. The molecule has 0 bridgehead atoms. The Morgan fingerprint density at radius 2 is 1.95 bits per heavy atom. The topological polar surface area (TPSA) is 64.6 Å². The molecule has 2 rings (SSSR count). The molecule has 1 aromatic rings. The van der Waals surface area contributed by atoms with E-state index in [1.165, 1.54) is 0 Å². The lowest BCUT2D eigenvalue weighted by atomic mass is 10.3. The lowest BCUT2D eigenvalue weighted by Gasteiger charge is -2.13. The second-order valence-corrected chi connectivity index (χ2v) is 6.66. The Hall–Kier alpha value is -1.27. The van der Waals surface area contributed by atoms with Gasteiger partial charge in [-0.1, -0.05) is 0 Å². The predicted molar refractivity (Wildman–Crippen MR) is 72.6 cm³/mol. The summed E-state index contributed by atoms with van der Waals surface area (Å²) >= 11 is 0. The Balaban J connectivity index is 2.28. The standard InChI is InChI=1S/C13H19NO4S/c1-10(14-2)9-19(15,16)11-4-5-12-13(8-11)18-7-3-6-17-12/h4-5,8,10,14H,3,6-7,9H2,1-2H3. The molecule has 0 fully saturated rings. The first-order valence-electron chi connectivity index (χ1n) is 6.32. The van der Waals surface area contributed by atoms with E-state index in [0.717, 1.165) is 6.42 Å². The Labute approximate surface area is 113 Å². The van der Waals surface area contributed by atoms with Gasteiger partial charge in [-0.15, -0.1) is 0 Å². The van der Waals surface area contributed by atoms with Crippen LogP contribution in [-0.4, -0.2) is 40.5 Å². The average Bonchev–Trinajstić information content (AvgIpc) is 2.62. The van der Waals surface area contributed by atoms with Crippen molar-refractivity contribution in [3.63, 3.8) is 0 Å². The van der Waals surface area contributed by atoms with Gasteiger partial charge in [-0.05, 0) is 26.1 Å². The van der Waals surface area contributed by atoms with E-state index in [1.807, 2.05) is 6.92 Å². The van der Waals surface area contributed by atoms with Crippen molar-refractivity contribution in [3.8, 4) is 11.5 Å². The maximum atomic E-state index is 12.2. The summed E-state index contributed by atoms with van der Waals surface area (Å²) in [6.45, 7) is 2.97. The van der Waals surface area contributed by atoms with E-state index >= 15 is 0 Å². The van der Waals surface area contributed by atoms with Crippen LogP contribution in [0.1, 0.15) is 13.3 Å². The Morgan fingerprint density at radius 1 is 1.26 bits per heavy atom. The zero-order valence-corrected chi connectivity index (χ0v) is 12.0. The van der Waals surface area contributed by atoms with E-state index in [2.05, 4.69) is 5.32 Å². The Bertz CT molecular complexity index is 542. The van der Waals surface area contributed by atoms with Crippen LogP contribution in [-0.2, 0) is 9.84 Å². The molecular formula is C13H19NO4S. The molecule has 1 aromatic carbocycles. The number of benzene rings is 1. The fourth-order valence-corrected chi connectivity index (χ4v) is 3.43. The van der Waals surface area contributed by atoms with Crippen molar-refractivity contribution < 1.29 is 17.9 Å². The zero-order chi connectivity index (χ0) is 13.9. The van der Waals surface area contributed by atoms with Crippen LogP contribution < -0.4 is 14.8 Å². The molecule has 0 aliphatic carbocycles. The van der Waals surface area contributed by atoms with E-state index in [4.69, 9.17) is 9.47 Å². The van der Waals surface area contributed by atoms with Crippen LogP contribution in [0.25, 0.3) is 0 Å². The molecule has 1 unspecified atom stereocenters. The summed E-state index contributed by atoms with van der Waals surface area (Å²) in [5.74, 6) is 1.18. The lowest BCUT2D eigenvalue weighted by Crippen LogP contribution is -2.29. The summed E-state index contributed by atoms with van der Waals surface area (Å²) in [4.78, 5) is 0.277. The van der Waals surface area contributed by atoms with Gasteiger partial charge in [0.1, 0.15) is 0 Å². The molecule has 0 radical (unpaired) electrons. The maximum Gasteiger partial charge on any atom is 0.180 e. The molecule has 1 heterocycles. The normalized spacial score (nSPS) is 16.7. The first kappa shape index (κ1) is 14.1. The average molecular weight is 285 g/mol. The van der Waals surface area contributed by atoms with Crippen molar-refractivity contribution in [3.05, 3.63) is 18.2 Å². The van der Waals surface area contributed by atoms with Crippen molar-refractivity contribution in [2.45, 2.75) is 24.3 Å². The van der Waals surface area contributed by atoms with Crippen LogP contribution in [0.2, 0.25) is 0 Å². The molecule has 1 aliphatic rings. The number of sulfone groups is 1. The fourth-order valence-electron chi connectivity index (χ4n) is 1.85. The molecule has 106 valence electrons. The van der Waals surface area contributed by atoms with Crippen molar-refractivity contribution >= 4 is 9.84 Å². The summed E-state index contributed by atoms with van der Waals surface area (Å²) in [6.07, 6.45) is 0.799. The zero-order valence-electron chi connectivity index (χ0n) is 11.2. The van der Waals surface area contributed by atoms with Gasteiger partial charge in [-0.3, -0.25) is 0 Å². The molecule has 1 N–H and O–H groups in total. The summed E-state index contributed by atoms with van der Waals surface area (Å²) in [5, 5.41) is 2.93. The lowest BCUT2D eigenvalue weighted by molar-refractivity contribution is 0.297. The van der Waals surface area contributed by atoms with Crippen LogP contribution in [0, 0.1) is 0 Å². The van der Waals surface area contributed by atoms with E-state index in [0.29, 0.717) is 24.7 Å². The van der Waals surface area contributed by atoms with Gasteiger partial charge in [0, 0.05) is 18.5 Å². The van der Waals surface area contributed by atoms with Crippen LogP contribution in [0.3, 0.4) is 0 Å². The second kappa shape index (κ2) is 5.79. The van der Waals surface area contributed by atoms with Gasteiger partial charge in [0.2, 0.25) is 0 Å². The van der Waals surface area contributed by atoms with Crippen molar-refractivity contribution in [1.29, 1.82) is 0 Å². The molecular weight excluding hydrogens is 266 g/mol. The summed E-state index contributed by atoms with van der Waals surface area (Å²) in [5.41, 5.74) is 0. The third-order valence-corrected chi connectivity index (χ3v) is 4.95. The maximum absolute atomic E-state index is 12.2. The molecule has 1 aliphatic heterocycles. The van der Waals surface area contributed by atoms with Gasteiger partial charge in [0.15, 0.2) is 21.3 Å². The van der Waals surface area contributed by atoms with Gasteiger partial charge in [0.25, 0.3) is 0 Å². The SMILES string of the molecule is CNC(C)CS(=O)(=O)c1ccc2c(c1)OCCCO2. The van der Waals surface area contributed by atoms with Crippen molar-refractivity contribution in [1.82, 2.24) is 5.32 Å². The number of hydrogen-bond acceptors (Lipinski definition) is 5. The van der Waals surface area contributed by atoms with E-state index in [-0.39, 0.29) is 16.7 Å². The fraction of sp³-hybridized carbons (Fsp3) is 0.538. The van der Waals surface area contributed by atoms with Gasteiger partial charge < -0.3 is 14.8 Å². The third kappa shape index (κ3) is 3.39. The van der Waals surface area contributed by atoms with Crippen LogP contribution in [0.15, 0.2) is 23.1 Å². The van der Waals surface area contributed by atoms with Gasteiger partial charge in [0.05, 0.1) is 23.9 Å². The first-order chi connectivity index (χ1) is 9.03. The predicted octanol–water partition coefficient (Wildman–Crippen LogP) is 1.23. The highest BCUT2D eigenvalue weighted by Gasteiger charge is 2.20. The van der Waals surface area contributed by atoms with Crippen molar-refractivity contribution in [2.24, 2.45) is 0 Å². The highest BCUT2D eigenvalue weighted by Crippen LogP contribution is 2.32. The molecule has 0 saturated heterocycles. The molecule has 0 spiro atoms. The highest BCUT2D eigenvalue weighted by molar-refractivity contribution is 7.91. The minimum Gasteiger partial charge on any atom is -0.490 e. The minimum atomic E-state index is -3.32. The highest BCUT2D eigenvalue weighted by atomic mass is 32.2. The molecule has 5 nitrogen and oxygen atoms in total. The largest absolute Gasteiger partial charge is 0.490 e. The van der Waals surface area contributed by atoms with E-state index in [1.54, 1.807) is 25.2 Å². The summed E-state index contributed by atoms with van der Waals surface area (Å²) in [6, 6.07) is 4.70. The second-order valence-electron chi connectivity index (χ2n) is 4.63. The van der Waals surface area contributed by atoms with Gasteiger partial charge in [-0.2, -0.15) is 0 Å². The molecule has 1 atom stereocenters. The minimum absolute atomic E-state index is 0.0587. The van der Waals surface area contributed by atoms with Crippen LogP contribution in [0.4, 0.5) is 0 Å². The number of fused-ring (bicyclic) bond motifs is 1. The Morgan fingerprint density at radius 3 is 2.63 bits per heavy atom. The number of rotatable bonds is 4. The monoisotopic (exact) mass is 285 g/mol. The van der Waals surface area contributed by atoms with Crippen LogP contribution in [0.5, 0.6) is 11.5 Å². The Kier molecular flexibility index (Phi) is 4.31. The summed E-state index contributed by atoms with van der Waals surface area (Å²) in [7, 11) is -1.57. The van der Waals surface area contributed by atoms with E-state index in [9.17, 15) is 8.42 Å².